The van der Waals surface area contributed by atoms with E-state index < -0.39 is 22.9 Å². The highest BCUT2D eigenvalue weighted by molar-refractivity contribution is 5.88. The maximum atomic E-state index is 11.2. The van der Waals surface area contributed by atoms with Gasteiger partial charge in [0.05, 0.1) is 10.5 Å². The first-order valence-electron chi connectivity index (χ1n) is 5.29. The van der Waals surface area contributed by atoms with Crippen LogP contribution in [-0.4, -0.2) is 33.1 Å². The summed E-state index contributed by atoms with van der Waals surface area (Å²) in [7, 11) is 0. The summed E-state index contributed by atoms with van der Waals surface area (Å²) in [4.78, 5) is 32.1. The van der Waals surface area contributed by atoms with Crippen molar-refractivity contribution < 1.29 is 24.7 Å². The Hall–Kier alpha value is -2.48. The molecule has 1 aromatic carbocycles. The number of aliphatic hydroxyl groups is 1. The first kappa shape index (κ1) is 14.6. The van der Waals surface area contributed by atoms with E-state index in [1.54, 1.807) is 0 Å². The number of nitrogens with zero attached hydrogens (tertiary/aromatic N) is 1. The molecule has 0 saturated heterocycles. The van der Waals surface area contributed by atoms with Crippen molar-refractivity contribution in [2.45, 2.75) is 19.6 Å². The van der Waals surface area contributed by atoms with Gasteiger partial charge in [0.2, 0.25) is 5.91 Å². The lowest BCUT2D eigenvalue weighted by Gasteiger charge is -2.08. The van der Waals surface area contributed by atoms with Gasteiger partial charge in [-0.2, -0.15) is 0 Å². The average molecular weight is 268 g/mol. The highest BCUT2D eigenvalue weighted by Gasteiger charge is 2.17. The molecule has 19 heavy (non-hydrogen) atoms. The number of rotatable bonds is 5. The average Bonchev–Trinajstić information content (AvgIpc) is 2.34. The molecule has 8 nitrogen and oxygen atoms in total. The van der Waals surface area contributed by atoms with Crippen LogP contribution in [0.15, 0.2) is 18.2 Å². The third-order valence-corrected chi connectivity index (χ3v) is 2.36. The molecule has 0 radical (unpaired) electrons. The van der Waals surface area contributed by atoms with E-state index in [2.05, 4.69) is 5.32 Å². The summed E-state index contributed by atoms with van der Waals surface area (Å²) >= 11 is 0. The number of carbonyl (C=O) groups is 2. The zero-order valence-electron chi connectivity index (χ0n) is 9.99. The van der Waals surface area contributed by atoms with Crippen LogP contribution in [0.25, 0.3) is 0 Å². The van der Waals surface area contributed by atoms with E-state index in [0.717, 1.165) is 18.2 Å². The van der Waals surface area contributed by atoms with Crippen molar-refractivity contribution in [1.82, 2.24) is 5.32 Å². The van der Waals surface area contributed by atoms with Gasteiger partial charge < -0.3 is 15.5 Å². The maximum absolute atomic E-state index is 11.2. The zero-order valence-corrected chi connectivity index (χ0v) is 9.99. The number of aliphatic hydroxyl groups excluding tert-OH is 1. The number of carboxylic acid groups (broad SMARTS) is 1. The van der Waals surface area contributed by atoms with Crippen LogP contribution in [0, 0.1) is 10.1 Å². The van der Waals surface area contributed by atoms with Crippen LogP contribution in [0.5, 0.6) is 0 Å². The summed E-state index contributed by atoms with van der Waals surface area (Å²) in [6.45, 7) is 1.01. The van der Waals surface area contributed by atoms with E-state index in [0.29, 0.717) is 0 Å². The van der Waals surface area contributed by atoms with Crippen molar-refractivity contribution in [3.05, 3.63) is 39.4 Å². The van der Waals surface area contributed by atoms with Gasteiger partial charge in [0.1, 0.15) is 6.10 Å². The minimum Gasteiger partial charge on any atom is -0.478 e. The molecule has 0 aliphatic carbocycles. The van der Waals surface area contributed by atoms with Gasteiger partial charge in [0, 0.05) is 18.2 Å². The molecule has 8 heteroatoms. The fourth-order valence-electron chi connectivity index (χ4n) is 1.37. The monoisotopic (exact) mass is 268 g/mol. The van der Waals surface area contributed by atoms with Crippen LogP contribution in [0.1, 0.15) is 22.8 Å². The molecule has 1 rings (SSSR count). The van der Waals surface area contributed by atoms with Crippen LogP contribution in [0.2, 0.25) is 0 Å². The van der Waals surface area contributed by atoms with Gasteiger partial charge in [-0.3, -0.25) is 14.9 Å². The molecule has 0 saturated carbocycles. The second kappa shape index (κ2) is 5.91. The zero-order chi connectivity index (χ0) is 14.6. The van der Waals surface area contributed by atoms with Crippen molar-refractivity contribution >= 4 is 17.6 Å². The van der Waals surface area contributed by atoms with Crippen molar-refractivity contribution in [3.63, 3.8) is 0 Å². The number of nitrogens with one attached hydrogen (secondary N) is 1. The normalized spacial score (nSPS) is 11.7. The summed E-state index contributed by atoms with van der Waals surface area (Å²) in [5.41, 5.74) is -0.360. The summed E-state index contributed by atoms with van der Waals surface area (Å²) < 4.78 is 0. The number of nitro benzene ring substituents is 1. The maximum Gasteiger partial charge on any atom is 0.335 e. The molecule has 1 amide bonds. The van der Waals surface area contributed by atoms with E-state index in [1.165, 1.54) is 6.92 Å². The minimum atomic E-state index is -1.25. The number of carbonyl (C=O) groups excluding carboxylic acids is 1. The lowest BCUT2D eigenvalue weighted by molar-refractivity contribution is -0.385. The van der Waals surface area contributed by atoms with E-state index >= 15 is 0 Å². The van der Waals surface area contributed by atoms with Crippen molar-refractivity contribution in [2.75, 3.05) is 0 Å². The smallest absolute Gasteiger partial charge is 0.335 e. The third kappa shape index (κ3) is 3.75. The summed E-state index contributed by atoms with van der Waals surface area (Å²) in [6.07, 6.45) is -1.25. The topological polar surface area (TPSA) is 130 Å². The van der Waals surface area contributed by atoms with Crippen LogP contribution in [0.3, 0.4) is 0 Å². The number of nitro groups is 1. The molecule has 1 unspecified atom stereocenters. The molecule has 0 aliphatic rings. The van der Waals surface area contributed by atoms with Crippen molar-refractivity contribution in [2.24, 2.45) is 0 Å². The molecule has 1 aromatic rings. The Balaban J connectivity index is 3.01. The number of benzene rings is 1. The second-order valence-corrected chi connectivity index (χ2v) is 3.80. The Morgan fingerprint density at radius 1 is 1.47 bits per heavy atom. The largest absolute Gasteiger partial charge is 0.478 e. The Bertz CT molecular complexity index is 526. The quantitative estimate of drug-likeness (QED) is 0.519. The SMILES string of the molecule is CC(O)C(=O)NCc1cc(C(=O)O)ccc1[N+](=O)[O-]. The first-order chi connectivity index (χ1) is 8.82. The molecule has 1 atom stereocenters. The highest BCUT2D eigenvalue weighted by atomic mass is 16.6. The van der Waals surface area contributed by atoms with Crippen LogP contribution < -0.4 is 5.32 Å². The number of aromatic carboxylic acids is 1. The molecule has 0 aliphatic heterocycles. The summed E-state index contributed by atoms with van der Waals surface area (Å²) in [5.74, 6) is -1.92. The van der Waals surface area contributed by atoms with Gasteiger partial charge in [0.15, 0.2) is 0 Å². The van der Waals surface area contributed by atoms with E-state index in [1.807, 2.05) is 0 Å². The van der Waals surface area contributed by atoms with Gasteiger partial charge in [-0.15, -0.1) is 0 Å². The molecule has 102 valence electrons. The lowest BCUT2D eigenvalue weighted by atomic mass is 10.1. The molecule has 0 aromatic heterocycles. The van der Waals surface area contributed by atoms with E-state index in [-0.39, 0.29) is 23.4 Å². The number of hydrogen-bond donors (Lipinski definition) is 3. The molecule has 0 bridgehead atoms. The number of carboxylic acids is 1. The first-order valence-corrected chi connectivity index (χ1v) is 5.29. The highest BCUT2D eigenvalue weighted by Crippen LogP contribution is 2.20. The molecular formula is C11H12N2O6. The fourth-order valence-corrected chi connectivity index (χ4v) is 1.37. The number of hydrogen-bond acceptors (Lipinski definition) is 5. The van der Waals surface area contributed by atoms with Gasteiger partial charge in [-0.1, -0.05) is 0 Å². The summed E-state index contributed by atoms with van der Waals surface area (Å²) in [6, 6.07) is 3.29. The fraction of sp³-hybridized carbons (Fsp3) is 0.273. The molecule has 3 N–H and O–H groups in total. The van der Waals surface area contributed by atoms with Crippen molar-refractivity contribution in [1.29, 1.82) is 0 Å². The van der Waals surface area contributed by atoms with Crippen LogP contribution >= 0.6 is 0 Å². The molecular weight excluding hydrogens is 256 g/mol. The predicted octanol–water partition coefficient (Wildman–Crippen LogP) is 0.290. The summed E-state index contributed by atoms with van der Waals surface area (Å²) in [5, 5.41) is 30.8. The Labute approximate surface area is 107 Å². The minimum absolute atomic E-state index is 0.0545. The van der Waals surface area contributed by atoms with E-state index in [9.17, 15) is 19.7 Å². The van der Waals surface area contributed by atoms with Crippen LogP contribution in [0.4, 0.5) is 5.69 Å². The van der Waals surface area contributed by atoms with Gasteiger partial charge in [-0.25, -0.2) is 4.79 Å². The Morgan fingerprint density at radius 3 is 2.58 bits per heavy atom. The van der Waals surface area contributed by atoms with Gasteiger partial charge in [0.25, 0.3) is 5.69 Å². The van der Waals surface area contributed by atoms with Gasteiger partial charge >= 0.3 is 5.97 Å². The van der Waals surface area contributed by atoms with Gasteiger partial charge in [-0.05, 0) is 19.1 Å². The standard InChI is InChI=1S/C11H12N2O6/c1-6(14)10(15)12-5-8-4-7(11(16)17)2-3-9(8)13(18)19/h2-4,6,14H,5H2,1H3,(H,12,15)(H,16,17). The van der Waals surface area contributed by atoms with Crippen molar-refractivity contribution in [3.8, 4) is 0 Å². The molecule has 0 spiro atoms. The number of amides is 1. The lowest BCUT2D eigenvalue weighted by Crippen LogP contribution is -2.32. The third-order valence-electron chi connectivity index (χ3n) is 2.36. The predicted molar refractivity (Wildman–Crippen MR) is 63.6 cm³/mol. The second-order valence-electron chi connectivity index (χ2n) is 3.80. The van der Waals surface area contributed by atoms with E-state index in [4.69, 9.17) is 10.2 Å². The molecule has 0 fully saturated rings. The van der Waals surface area contributed by atoms with Crippen LogP contribution in [-0.2, 0) is 11.3 Å². The molecule has 0 heterocycles. The Morgan fingerprint density at radius 2 is 2.11 bits per heavy atom. The Kier molecular flexibility index (Phi) is 4.54.